The lowest BCUT2D eigenvalue weighted by Gasteiger charge is -2.38. The molecule has 0 saturated carbocycles. The zero-order valence-corrected chi connectivity index (χ0v) is 26.4. The van der Waals surface area contributed by atoms with Crippen molar-refractivity contribution in [2.24, 2.45) is 5.92 Å². The Labute approximate surface area is 264 Å². The van der Waals surface area contributed by atoms with Gasteiger partial charge in [-0.15, -0.1) is 0 Å². The van der Waals surface area contributed by atoms with Crippen LogP contribution in [0.15, 0.2) is 102 Å². The molecule has 45 heavy (non-hydrogen) atoms. The molecule has 10 heteroatoms. The van der Waals surface area contributed by atoms with Crippen LogP contribution in [0.5, 0.6) is 5.75 Å². The highest BCUT2D eigenvalue weighted by atomic mass is 32.2. The quantitative estimate of drug-likeness (QED) is 0.235. The molecule has 0 unspecified atom stereocenters. The maximum Gasteiger partial charge on any atom is 0.261 e. The van der Waals surface area contributed by atoms with Gasteiger partial charge in [0, 0.05) is 31.2 Å². The molecule has 2 N–H and O–H groups in total. The fraction of sp³-hybridized carbons (Fsp3) is 0.286. The monoisotopic (exact) mass is 631 g/mol. The fourth-order valence-corrected chi connectivity index (χ4v) is 6.50. The molecule has 1 aliphatic heterocycles. The second-order valence-corrected chi connectivity index (χ2v) is 13.3. The number of anilines is 1. The summed E-state index contributed by atoms with van der Waals surface area (Å²) in [4.78, 5) is 17.4. The van der Waals surface area contributed by atoms with Crippen molar-refractivity contribution < 1.29 is 27.4 Å². The highest BCUT2D eigenvalue weighted by Gasteiger charge is 2.33. The predicted octanol–water partition coefficient (Wildman–Crippen LogP) is 5.65. The minimum absolute atomic E-state index is 0.0735. The van der Waals surface area contributed by atoms with Crippen LogP contribution in [0.3, 0.4) is 0 Å². The molecule has 8 nitrogen and oxygen atoms in total. The number of rotatable bonds is 10. The van der Waals surface area contributed by atoms with Gasteiger partial charge in [-0.05, 0) is 73.1 Å². The second kappa shape index (κ2) is 13.8. The van der Waals surface area contributed by atoms with Crippen molar-refractivity contribution in [3.63, 3.8) is 0 Å². The number of hydrogen-bond donors (Lipinski definition) is 2. The van der Waals surface area contributed by atoms with Gasteiger partial charge in [-0.1, -0.05) is 61.5 Å². The number of aliphatic hydroxyl groups excluding tert-OH is 1. The van der Waals surface area contributed by atoms with E-state index in [4.69, 9.17) is 4.74 Å². The Morgan fingerprint density at radius 1 is 1.00 bits per heavy atom. The number of likely N-dealkylation sites (N-methyl/N-ethyl adjacent to an activating group) is 1. The molecule has 3 atom stereocenters. The molecule has 0 saturated heterocycles. The van der Waals surface area contributed by atoms with E-state index in [2.05, 4.69) is 46.0 Å². The first-order valence-electron chi connectivity index (χ1n) is 14.9. The van der Waals surface area contributed by atoms with Gasteiger partial charge in [-0.25, -0.2) is 12.8 Å². The molecular formula is C35H38FN3O5S. The number of nitrogens with one attached hydrogen (secondary N) is 1. The maximum absolute atomic E-state index is 13.8. The topological polar surface area (TPSA) is 99.2 Å². The Morgan fingerprint density at radius 2 is 1.67 bits per heavy atom. The molecule has 1 heterocycles. The van der Waals surface area contributed by atoms with E-state index in [1.807, 2.05) is 32.2 Å². The third kappa shape index (κ3) is 7.70. The summed E-state index contributed by atoms with van der Waals surface area (Å²) < 4.78 is 48.2. The first kappa shape index (κ1) is 32.2. The third-order valence-electron chi connectivity index (χ3n) is 8.05. The minimum atomic E-state index is -4.04. The molecule has 0 aromatic heterocycles. The van der Waals surface area contributed by atoms with E-state index in [1.165, 1.54) is 24.3 Å². The second-order valence-electron chi connectivity index (χ2n) is 11.7. The highest BCUT2D eigenvalue weighted by molar-refractivity contribution is 7.92. The number of aliphatic hydroxyl groups is 1. The summed E-state index contributed by atoms with van der Waals surface area (Å²) in [5, 5.41) is 9.97. The molecule has 0 bridgehead atoms. The molecule has 236 valence electrons. The van der Waals surface area contributed by atoms with Crippen LogP contribution in [0.25, 0.3) is 11.1 Å². The van der Waals surface area contributed by atoms with Crippen LogP contribution in [0, 0.1) is 11.7 Å². The number of nitrogens with zero attached hydrogens (tertiary/aromatic N) is 2. The number of benzene rings is 4. The van der Waals surface area contributed by atoms with Crippen LogP contribution < -0.4 is 9.46 Å². The minimum Gasteiger partial charge on any atom is -0.488 e. The molecule has 1 aliphatic rings. The first-order valence-corrected chi connectivity index (χ1v) is 16.4. The van der Waals surface area contributed by atoms with Crippen molar-refractivity contribution in [3.05, 3.63) is 114 Å². The van der Waals surface area contributed by atoms with Crippen LogP contribution in [-0.2, 0) is 16.6 Å². The lowest BCUT2D eigenvalue weighted by molar-refractivity contribution is 0.0341. The maximum atomic E-state index is 13.8. The summed E-state index contributed by atoms with van der Waals surface area (Å²) >= 11 is 0. The van der Waals surface area contributed by atoms with Crippen molar-refractivity contribution in [2.45, 2.75) is 37.4 Å². The number of fused-ring (bicyclic) bond motifs is 1. The SMILES string of the molecule is C[C@H](CO)N1C[C@H](C)[C@H](CN(C)Cc2ccc(-c3ccccc3)cc2)Oc2ccc(NS(=O)(=O)c3ccc(F)cc3)cc2C1=O. The Kier molecular flexibility index (Phi) is 9.86. The Hall–Kier alpha value is -4.25. The van der Waals surface area contributed by atoms with Crippen LogP contribution in [0.4, 0.5) is 10.1 Å². The first-order chi connectivity index (χ1) is 21.5. The van der Waals surface area contributed by atoms with Gasteiger partial charge in [0.05, 0.1) is 23.1 Å². The van der Waals surface area contributed by atoms with Gasteiger partial charge in [0.1, 0.15) is 17.7 Å². The van der Waals surface area contributed by atoms with Crippen molar-refractivity contribution in [1.82, 2.24) is 9.80 Å². The van der Waals surface area contributed by atoms with Gasteiger partial charge in [0.15, 0.2) is 0 Å². The number of carbonyl (C=O) groups excluding carboxylic acids is 1. The number of carbonyl (C=O) groups is 1. The molecule has 0 fully saturated rings. The smallest absolute Gasteiger partial charge is 0.261 e. The number of halogens is 1. The van der Waals surface area contributed by atoms with E-state index < -0.39 is 21.9 Å². The number of hydrogen-bond acceptors (Lipinski definition) is 6. The molecular weight excluding hydrogens is 593 g/mol. The largest absolute Gasteiger partial charge is 0.488 e. The normalized spacial score (nSPS) is 17.6. The molecule has 1 amide bonds. The van der Waals surface area contributed by atoms with Gasteiger partial charge >= 0.3 is 0 Å². The van der Waals surface area contributed by atoms with Crippen LogP contribution >= 0.6 is 0 Å². The summed E-state index contributed by atoms with van der Waals surface area (Å²) in [6.07, 6.45) is -0.305. The van der Waals surface area contributed by atoms with Gasteiger partial charge in [0.25, 0.3) is 15.9 Å². The molecule has 0 spiro atoms. The molecule has 0 radical (unpaired) electrons. The summed E-state index contributed by atoms with van der Waals surface area (Å²) in [7, 11) is -2.02. The third-order valence-corrected chi connectivity index (χ3v) is 9.44. The van der Waals surface area contributed by atoms with Crippen LogP contribution in [0.2, 0.25) is 0 Å². The summed E-state index contributed by atoms with van der Waals surface area (Å²) in [6, 6.07) is 27.3. The number of amides is 1. The zero-order chi connectivity index (χ0) is 32.1. The van der Waals surface area contributed by atoms with Crippen LogP contribution in [0.1, 0.15) is 29.8 Å². The van der Waals surface area contributed by atoms with Crippen molar-refractivity contribution in [1.29, 1.82) is 0 Å². The molecule has 4 aromatic carbocycles. The Balaban J connectivity index is 1.36. The van der Waals surface area contributed by atoms with Gasteiger partial charge in [-0.2, -0.15) is 0 Å². The van der Waals surface area contributed by atoms with E-state index in [9.17, 15) is 22.7 Å². The van der Waals surface area contributed by atoms with Crippen molar-refractivity contribution in [2.75, 3.05) is 31.5 Å². The lowest BCUT2D eigenvalue weighted by Crippen LogP contribution is -2.49. The van der Waals surface area contributed by atoms with Gasteiger partial charge in [-0.3, -0.25) is 14.4 Å². The highest BCUT2D eigenvalue weighted by Crippen LogP contribution is 2.32. The summed E-state index contributed by atoms with van der Waals surface area (Å²) in [5.74, 6) is -0.662. The van der Waals surface area contributed by atoms with E-state index in [0.29, 0.717) is 25.4 Å². The summed E-state index contributed by atoms with van der Waals surface area (Å²) in [6.45, 7) is 5.16. The Bertz CT molecular complexity index is 1720. The van der Waals surface area contributed by atoms with Crippen molar-refractivity contribution >= 4 is 21.6 Å². The van der Waals surface area contributed by atoms with Crippen LogP contribution in [-0.4, -0.2) is 68.1 Å². The standard InChI is InChI=1S/C35H38FN3O5S/c1-24-20-39(25(2)23-40)35(41)32-19-30(37-45(42,43)31-16-13-29(36)14-17-31)15-18-33(32)44-34(24)22-38(3)21-26-9-11-28(12-10-26)27-7-5-4-6-8-27/h4-19,24-25,34,37,40H,20-23H2,1-3H3/t24-,25+,34-/m0/s1. The summed E-state index contributed by atoms with van der Waals surface area (Å²) in [5.41, 5.74) is 3.81. The van der Waals surface area contributed by atoms with Crippen molar-refractivity contribution in [3.8, 4) is 16.9 Å². The van der Waals surface area contributed by atoms with E-state index >= 15 is 0 Å². The fourth-order valence-electron chi connectivity index (χ4n) is 5.45. The average Bonchev–Trinajstić information content (AvgIpc) is 3.03. The lowest BCUT2D eigenvalue weighted by atomic mass is 9.99. The average molecular weight is 632 g/mol. The molecule has 4 aromatic rings. The Morgan fingerprint density at radius 3 is 2.33 bits per heavy atom. The van der Waals surface area contributed by atoms with Gasteiger partial charge < -0.3 is 14.7 Å². The van der Waals surface area contributed by atoms with E-state index in [1.54, 1.807) is 17.9 Å². The predicted molar refractivity (Wildman–Crippen MR) is 173 cm³/mol. The number of ether oxygens (including phenoxy) is 1. The molecule has 5 rings (SSSR count). The number of sulfonamides is 1. The van der Waals surface area contributed by atoms with E-state index in [-0.39, 0.29) is 40.7 Å². The molecule has 0 aliphatic carbocycles. The van der Waals surface area contributed by atoms with E-state index in [0.717, 1.165) is 28.8 Å². The zero-order valence-electron chi connectivity index (χ0n) is 25.6. The van der Waals surface area contributed by atoms with Gasteiger partial charge in [0.2, 0.25) is 0 Å².